The highest BCUT2D eigenvalue weighted by atomic mass is 35.5. The van der Waals surface area contributed by atoms with Crippen molar-refractivity contribution in [2.24, 2.45) is 0 Å². The Bertz CT molecular complexity index is 196. The van der Waals surface area contributed by atoms with E-state index < -0.39 is 5.97 Å². The van der Waals surface area contributed by atoms with E-state index in [4.69, 9.17) is 39.9 Å². The molecule has 0 amide bonds. The van der Waals surface area contributed by atoms with Crippen LogP contribution in [-0.4, -0.2) is 11.1 Å². The molecular formula is C9H13Cl3O2. The molecule has 0 heterocycles. The standard InChI is InChI=1S/C5H8O2.C2H2Cl2.C2H3Cl/c1-3-4(2)5(6)7;1-2(3)4;1-2-3/h2-3H2,1H3,(H,6,7);1H2;2H,1H2. The van der Waals surface area contributed by atoms with Gasteiger partial charge in [0.1, 0.15) is 0 Å². The molecule has 82 valence electrons. The van der Waals surface area contributed by atoms with Crippen molar-refractivity contribution >= 4 is 40.8 Å². The summed E-state index contributed by atoms with van der Waals surface area (Å²) in [6, 6.07) is 0. The van der Waals surface area contributed by atoms with Crippen LogP contribution in [-0.2, 0) is 4.79 Å². The fourth-order valence-corrected chi connectivity index (χ4v) is 0.151. The molecule has 0 bridgehead atoms. The van der Waals surface area contributed by atoms with E-state index in [0.717, 1.165) is 0 Å². The maximum atomic E-state index is 9.83. The van der Waals surface area contributed by atoms with E-state index >= 15 is 0 Å². The largest absolute Gasteiger partial charge is 0.478 e. The summed E-state index contributed by atoms with van der Waals surface area (Å²) >= 11 is 14.5. The molecule has 0 atom stereocenters. The lowest BCUT2D eigenvalue weighted by Gasteiger charge is -1.87. The Kier molecular flexibility index (Phi) is 20.6. The molecule has 14 heavy (non-hydrogen) atoms. The normalized spacial score (nSPS) is 6.86. The van der Waals surface area contributed by atoms with Crippen molar-refractivity contribution in [1.82, 2.24) is 0 Å². The van der Waals surface area contributed by atoms with Crippen LogP contribution < -0.4 is 0 Å². The summed E-state index contributed by atoms with van der Waals surface area (Å²) in [6.45, 7) is 11.2. The predicted molar refractivity (Wildman–Crippen MR) is 64.0 cm³/mol. The van der Waals surface area contributed by atoms with Crippen molar-refractivity contribution in [3.63, 3.8) is 0 Å². The van der Waals surface area contributed by atoms with Gasteiger partial charge in [0, 0.05) is 5.57 Å². The Labute approximate surface area is 99.5 Å². The van der Waals surface area contributed by atoms with Gasteiger partial charge in [0.05, 0.1) is 4.49 Å². The first kappa shape index (κ1) is 19.2. The van der Waals surface area contributed by atoms with Crippen LogP contribution in [0.15, 0.2) is 35.3 Å². The van der Waals surface area contributed by atoms with Gasteiger partial charge >= 0.3 is 5.97 Å². The third-order valence-corrected chi connectivity index (χ3v) is 0.729. The molecule has 0 rings (SSSR count). The van der Waals surface area contributed by atoms with Crippen LogP contribution >= 0.6 is 34.8 Å². The number of aliphatic carboxylic acids is 1. The minimum absolute atomic E-state index is 0.111. The zero-order chi connectivity index (χ0) is 12.1. The van der Waals surface area contributed by atoms with E-state index in [1.165, 1.54) is 5.54 Å². The minimum Gasteiger partial charge on any atom is -0.478 e. The summed E-state index contributed by atoms with van der Waals surface area (Å²) in [5, 5.41) is 8.08. The molecule has 0 aliphatic carbocycles. The van der Waals surface area contributed by atoms with Crippen molar-refractivity contribution in [2.75, 3.05) is 0 Å². The van der Waals surface area contributed by atoms with E-state index in [2.05, 4.69) is 19.7 Å². The number of hydrogen-bond donors (Lipinski definition) is 1. The van der Waals surface area contributed by atoms with Crippen LogP contribution in [0.4, 0.5) is 0 Å². The molecule has 5 heteroatoms. The zero-order valence-corrected chi connectivity index (χ0v) is 10.2. The van der Waals surface area contributed by atoms with Gasteiger partial charge in [-0.3, -0.25) is 0 Å². The molecule has 0 unspecified atom stereocenters. The number of hydrogen-bond acceptors (Lipinski definition) is 1. The highest BCUT2D eigenvalue weighted by Gasteiger charge is 1.96. The highest BCUT2D eigenvalue weighted by Crippen LogP contribution is 1.98. The molecule has 0 aromatic rings. The monoisotopic (exact) mass is 258 g/mol. The van der Waals surface area contributed by atoms with Gasteiger partial charge in [0.25, 0.3) is 0 Å². The Morgan fingerprint density at radius 1 is 1.43 bits per heavy atom. The number of rotatable bonds is 2. The quantitative estimate of drug-likeness (QED) is 0.749. The summed E-state index contributed by atoms with van der Waals surface area (Å²) in [5.41, 5.74) is 1.49. The zero-order valence-electron chi connectivity index (χ0n) is 7.90. The maximum absolute atomic E-state index is 9.83. The number of carboxylic acids is 1. The molecule has 0 aliphatic heterocycles. The molecule has 0 fully saturated rings. The van der Waals surface area contributed by atoms with Crippen molar-refractivity contribution < 1.29 is 9.90 Å². The number of carboxylic acid groups (broad SMARTS) is 1. The molecule has 1 N–H and O–H groups in total. The van der Waals surface area contributed by atoms with E-state index in [1.54, 1.807) is 6.92 Å². The van der Waals surface area contributed by atoms with Crippen LogP contribution in [0.3, 0.4) is 0 Å². The lowest BCUT2D eigenvalue weighted by atomic mass is 10.2. The van der Waals surface area contributed by atoms with Crippen LogP contribution in [0.25, 0.3) is 0 Å². The first-order valence-electron chi connectivity index (χ1n) is 3.45. The van der Waals surface area contributed by atoms with Crippen LogP contribution in [0.5, 0.6) is 0 Å². The molecule has 2 nitrogen and oxygen atoms in total. The van der Waals surface area contributed by atoms with Gasteiger partial charge in [-0.25, -0.2) is 4.79 Å². The van der Waals surface area contributed by atoms with Crippen molar-refractivity contribution in [3.8, 4) is 0 Å². The van der Waals surface area contributed by atoms with E-state index in [9.17, 15) is 4.79 Å². The predicted octanol–water partition coefficient (Wildman–Crippen LogP) is 4.34. The molecule has 0 saturated heterocycles. The Hall–Kier alpha value is -0.440. The topological polar surface area (TPSA) is 37.3 Å². The van der Waals surface area contributed by atoms with Gasteiger partial charge in [-0.2, -0.15) is 0 Å². The Balaban J connectivity index is -0.000000147. The van der Waals surface area contributed by atoms with Crippen LogP contribution in [0.2, 0.25) is 0 Å². The number of halogens is 3. The van der Waals surface area contributed by atoms with E-state index in [0.29, 0.717) is 6.42 Å². The van der Waals surface area contributed by atoms with Crippen molar-refractivity contribution in [1.29, 1.82) is 0 Å². The molecule has 0 aromatic carbocycles. The summed E-state index contributed by atoms with van der Waals surface area (Å²) in [4.78, 5) is 9.83. The summed E-state index contributed by atoms with van der Waals surface area (Å²) in [5.74, 6) is -0.900. The van der Waals surface area contributed by atoms with Crippen molar-refractivity contribution in [2.45, 2.75) is 13.3 Å². The average molecular weight is 260 g/mol. The van der Waals surface area contributed by atoms with Gasteiger partial charge in [-0.15, -0.1) is 0 Å². The van der Waals surface area contributed by atoms with Gasteiger partial charge in [0.15, 0.2) is 0 Å². The lowest BCUT2D eigenvalue weighted by molar-refractivity contribution is -0.132. The van der Waals surface area contributed by atoms with Gasteiger partial charge in [-0.05, 0) is 12.0 Å². The van der Waals surface area contributed by atoms with Crippen LogP contribution in [0, 0.1) is 0 Å². The molecule has 0 saturated carbocycles. The van der Waals surface area contributed by atoms with Gasteiger partial charge in [0.2, 0.25) is 0 Å². The molecule has 0 spiro atoms. The lowest BCUT2D eigenvalue weighted by Crippen LogP contribution is -1.95. The molecule has 0 radical (unpaired) electrons. The smallest absolute Gasteiger partial charge is 0.330 e. The summed E-state index contributed by atoms with van der Waals surface area (Å²) in [7, 11) is 0. The molecule has 0 aromatic heterocycles. The second kappa shape index (κ2) is 15.1. The maximum Gasteiger partial charge on any atom is 0.330 e. The second-order valence-corrected chi connectivity index (χ2v) is 3.17. The average Bonchev–Trinajstić information content (AvgIpc) is 2.03. The molecule has 0 aliphatic rings. The first-order valence-corrected chi connectivity index (χ1v) is 4.64. The Morgan fingerprint density at radius 2 is 1.64 bits per heavy atom. The molecular weight excluding hydrogens is 246 g/mol. The number of carbonyl (C=O) groups is 1. The van der Waals surface area contributed by atoms with Gasteiger partial charge < -0.3 is 5.11 Å². The fourth-order valence-electron chi connectivity index (χ4n) is 0.151. The van der Waals surface area contributed by atoms with E-state index in [-0.39, 0.29) is 10.1 Å². The minimum atomic E-state index is -0.900. The van der Waals surface area contributed by atoms with Gasteiger partial charge in [-0.1, -0.05) is 61.5 Å². The summed E-state index contributed by atoms with van der Waals surface area (Å²) in [6.07, 6.45) is 0.523. The Morgan fingerprint density at radius 3 is 1.64 bits per heavy atom. The fraction of sp³-hybridized carbons (Fsp3) is 0.222. The second-order valence-electron chi connectivity index (χ2n) is 1.76. The van der Waals surface area contributed by atoms with Crippen LogP contribution in [0.1, 0.15) is 13.3 Å². The third-order valence-electron chi connectivity index (χ3n) is 0.729. The SMILES string of the molecule is C=C(CC)C(=O)O.C=C(Cl)Cl.C=CCl. The van der Waals surface area contributed by atoms with E-state index in [1.807, 2.05) is 0 Å². The summed E-state index contributed by atoms with van der Waals surface area (Å²) < 4.78 is 0.111. The third kappa shape index (κ3) is 41.7. The van der Waals surface area contributed by atoms with Crippen molar-refractivity contribution in [3.05, 3.63) is 35.3 Å². The first-order chi connectivity index (χ1) is 6.33. The highest BCUT2D eigenvalue weighted by molar-refractivity contribution is 6.55.